The molecule has 0 saturated heterocycles. The van der Waals surface area contributed by atoms with Crippen molar-refractivity contribution in [2.45, 2.75) is 26.5 Å². The van der Waals surface area contributed by atoms with Gasteiger partial charge in [0.15, 0.2) is 0 Å². The molecule has 3 rings (SSSR count). The van der Waals surface area contributed by atoms with Crippen molar-refractivity contribution in [1.29, 1.82) is 0 Å². The summed E-state index contributed by atoms with van der Waals surface area (Å²) in [6, 6.07) is 12.4. The average molecular weight is 474 g/mol. The molecule has 0 spiro atoms. The van der Waals surface area contributed by atoms with Crippen molar-refractivity contribution >= 4 is 46.9 Å². The van der Waals surface area contributed by atoms with Crippen LogP contribution in [0.15, 0.2) is 59.5 Å². The molecular formula is C23H21Cl2N3O4. The number of carboxylic acids is 1. The lowest BCUT2D eigenvalue weighted by Gasteiger charge is -2.16. The molecule has 166 valence electrons. The number of hydrogen-bond acceptors (Lipinski definition) is 5. The smallest absolute Gasteiger partial charge is 0.328 e. The summed E-state index contributed by atoms with van der Waals surface area (Å²) in [5.41, 5.74) is 1.10. The zero-order valence-corrected chi connectivity index (χ0v) is 18.9. The molecule has 2 N–H and O–H groups in total. The number of nitrogens with one attached hydrogen (secondary N) is 1. The monoisotopic (exact) mass is 473 g/mol. The van der Waals surface area contributed by atoms with E-state index < -0.39 is 11.5 Å². The molecule has 9 heteroatoms. The van der Waals surface area contributed by atoms with Crippen molar-refractivity contribution in [2.75, 3.05) is 5.32 Å². The predicted molar refractivity (Wildman–Crippen MR) is 126 cm³/mol. The molecule has 32 heavy (non-hydrogen) atoms. The van der Waals surface area contributed by atoms with Gasteiger partial charge in [0.05, 0.1) is 23.2 Å². The zero-order valence-electron chi connectivity index (χ0n) is 17.4. The van der Waals surface area contributed by atoms with Gasteiger partial charge in [0.25, 0.3) is 5.56 Å². The maximum Gasteiger partial charge on any atom is 0.328 e. The van der Waals surface area contributed by atoms with E-state index in [-0.39, 0.29) is 17.6 Å². The Morgan fingerprint density at radius 3 is 2.56 bits per heavy atom. The Morgan fingerprint density at radius 1 is 1.22 bits per heavy atom. The molecule has 0 saturated carbocycles. The van der Waals surface area contributed by atoms with Gasteiger partial charge in [-0.1, -0.05) is 35.3 Å². The van der Waals surface area contributed by atoms with Gasteiger partial charge >= 0.3 is 5.97 Å². The highest BCUT2D eigenvalue weighted by molar-refractivity contribution is 6.32. The molecule has 1 heterocycles. The predicted octanol–water partition coefficient (Wildman–Crippen LogP) is 5.23. The molecule has 0 aliphatic carbocycles. The van der Waals surface area contributed by atoms with Gasteiger partial charge in [-0.25, -0.2) is 4.79 Å². The summed E-state index contributed by atoms with van der Waals surface area (Å²) in [6.45, 7) is 4.17. The molecule has 0 atom stereocenters. The van der Waals surface area contributed by atoms with Crippen molar-refractivity contribution in [3.63, 3.8) is 0 Å². The van der Waals surface area contributed by atoms with Crippen LogP contribution in [0.1, 0.15) is 25.0 Å². The average Bonchev–Trinajstić information content (AvgIpc) is 2.72. The molecule has 0 unspecified atom stereocenters. The SMILES string of the molecule is CC(C)Oc1ccc(Nc2nc(=O)c(C=CC(=O)O)cn2Cc2ccc(Cl)cc2)cc1Cl. The number of carbonyl (C=O) groups is 1. The minimum absolute atomic E-state index is 0.0241. The molecular weight excluding hydrogens is 453 g/mol. The number of ether oxygens (including phenoxy) is 1. The summed E-state index contributed by atoms with van der Waals surface area (Å²) in [5, 5.41) is 13.0. The third kappa shape index (κ3) is 6.35. The van der Waals surface area contributed by atoms with Crippen molar-refractivity contribution in [2.24, 2.45) is 0 Å². The van der Waals surface area contributed by atoms with Gasteiger partial charge in [0.2, 0.25) is 5.95 Å². The van der Waals surface area contributed by atoms with E-state index in [0.717, 1.165) is 11.6 Å². The third-order valence-electron chi connectivity index (χ3n) is 4.24. The fourth-order valence-electron chi connectivity index (χ4n) is 2.85. The third-order valence-corrected chi connectivity index (χ3v) is 4.79. The largest absolute Gasteiger partial charge is 0.489 e. The Morgan fingerprint density at radius 2 is 1.94 bits per heavy atom. The summed E-state index contributed by atoms with van der Waals surface area (Å²) < 4.78 is 7.35. The lowest BCUT2D eigenvalue weighted by Crippen LogP contribution is -2.19. The van der Waals surface area contributed by atoms with E-state index in [4.69, 9.17) is 33.0 Å². The number of rotatable bonds is 8. The van der Waals surface area contributed by atoms with Gasteiger partial charge in [-0.2, -0.15) is 4.98 Å². The van der Waals surface area contributed by atoms with E-state index in [9.17, 15) is 9.59 Å². The molecule has 0 radical (unpaired) electrons. The Kier molecular flexibility index (Phi) is 7.56. The number of hydrogen-bond donors (Lipinski definition) is 2. The Balaban J connectivity index is 1.98. The van der Waals surface area contributed by atoms with E-state index in [2.05, 4.69) is 10.3 Å². The van der Waals surface area contributed by atoms with Gasteiger partial charge in [0, 0.05) is 23.0 Å². The van der Waals surface area contributed by atoms with Gasteiger partial charge in [0.1, 0.15) is 5.75 Å². The van der Waals surface area contributed by atoms with Gasteiger partial charge in [-0.3, -0.25) is 4.79 Å². The van der Waals surface area contributed by atoms with Crippen LogP contribution >= 0.6 is 23.2 Å². The number of aromatic nitrogens is 2. The lowest BCUT2D eigenvalue weighted by atomic mass is 10.2. The topological polar surface area (TPSA) is 93.4 Å². The summed E-state index contributed by atoms with van der Waals surface area (Å²) >= 11 is 12.3. The van der Waals surface area contributed by atoms with Gasteiger partial charge < -0.3 is 19.7 Å². The number of nitrogens with zero attached hydrogens (tertiary/aromatic N) is 2. The maximum absolute atomic E-state index is 12.5. The van der Waals surface area contributed by atoms with Crippen LogP contribution in [0.25, 0.3) is 6.08 Å². The quantitative estimate of drug-likeness (QED) is 0.435. The summed E-state index contributed by atoms with van der Waals surface area (Å²) in [5.74, 6) is -0.340. The zero-order chi connectivity index (χ0) is 23.3. The molecule has 3 aromatic rings. The summed E-state index contributed by atoms with van der Waals surface area (Å²) in [7, 11) is 0. The van der Waals surface area contributed by atoms with E-state index in [0.29, 0.717) is 28.0 Å². The van der Waals surface area contributed by atoms with Gasteiger partial charge in [-0.05, 0) is 55.8 Å². The molecule has 0 aliphatic rings. The molecule has 0 amide bonds. The molecule has 0 fully saturated rings. The van der Waals surface area contributed by atoms with Crippen LogP contribution in [0.3, 0.4) is 0 Å². The molecule has 2 aromatic carbocycles. The van der Waals surface area contributed by atoms with Crippen LogP contribution in [0.5, 0.6) is 5.75 Å². The summed E-state index contributed by atoms with van der Waals surface area (Å²) in [6.07, 6.45) is 3.63. The van der Waals surface area contributed by atoms with Crippen LogP contribution in [0.2, 0.25) is 10.0 Å². The van der Waals surface area contributed by atoms with E-state index >= 15 is 0 Å². The van der Waals surface area contributed by atoms with Crippen molar-refractivity contribution in [1.82, 2.24) is 9.55 Å². The fourth-order valence-corrected chi connectivity index (χ4v) is 3.20. The number of aliphatic carboxylic acids is 1. The van der Waals surface area contributed by atoms with Crippen LogP contribution in [0.4, 0.5) is 11.6 Å². The second-order valence-electron chi connectivity index (χ2n) is 7.19. The first-order valence-electron chi connectivity index (χ1n) is 9.71. The highest BCUT2D eigenvalue weighted by Crippen LogP contribution is 2.29. The number of benzene rings is 2. The van der Waals surface area contributed by atoms with Crippen LogP contribution < -0.4 is 15.6 Å². The van der Waals surface area contributed by atoms with E-state index in [1.165, 1.54) is 6.08 Å². The molecule has 1 aromatic heterocycles. The minimum Gasteiger partial charge on any atom is -0.489 e. The molecule has 0 aliphatic heterocycles. The highest BCUT2D eigenvalue weighted by atomic mass is 35.5. The number of halogens is 2. The van der Waals surface area contributed by atoms with E-state index in [1.54, 1.807) is 41.1 Å². The summed E-state index contributed by atoms with van der Waals surface area (Å²) in [4.78, 5) is 27.4. The normalized spacial score (nSPS) is 11.2. The van der Waals surface area contributed by atoms with Crippen molar-refractivity contribution < 1.29 is 14.6 Å². The standard InChI is InChI=1S/C23H21Cl2N3O4/c1-14(2)32-20-9-8-18(11-19(20)25)26-23-27-22(31)16(5-10-21(29)30)13-28(23)12-15-3-6-17(24)7-4-15/h3-11,13-14H,12H2,1-2H3,(H,29,30)(H,26,27,31). The van der Waals surface area contributed by atoms with E-state index in [1.807, 2.05) is 26.0 Å². The van der Waals surface area contributed by atoms with Crippen LogP contribution in [0, 0.1) is 0 Å². The van der Waals surface area contributed by atoms with Crippen LogP contribution in [-0.4, -0.2) is 26.7 Å². The van der Waals surface area contributed by atoms with Crippen molar-refractivity contribution in [3.8, 4) is 5.75 Å². The first-order chi connectivity index (χ1) is 15.2. The number of carboxylic acid groups (broad SMARTS) is 1. The second-order valence-corrected chi connectivity index (χ2v) is 8.03. The highest BCUT2D eigenvalue weighted by Gasteiger charge is 2.11. The fraction of sp³-hybridized carbons (Fsp3) is 0.174. The Bertz CT molecular complexity index is 1200. The Hall–Kier alpha value is -3.29. The van der Waals surface area contributed by atoms with Crippen molar-refractivity contribution in [3.05, 3.63) is 86.3 Å². The van der Waals surface area contributed by atoms with Gasteiger partial charge in [-0.15, -0.1) is 0 Å². The maximum atomic E-state index is 12.5. The molecule has 7 nitrogen and oxygen atoms in total. The number of anilines is 2. The molecule has 0 bridgehead atoms. The second kappa shape index (κ2) is 10.3. The first-order valence-corrected chi connectivity index (χ1v) is 10.5. The lowest BCUT2D eigenvalue weighted by molar-refractivity contribution is -0.131. The minimum atomic E-state index is -1.16. The Labute approximate surface area is 194 Å². The first kappa shape index (κ1) is 23.4. The van der Waals surface area contributed by atoms with Crippen LogP contribution in [-0.2, 0) is 11.3 Å².